The van der Waals surface area contributed by atoms with Crippen LogP contribution in [0.2, 0.25) is 0 Å². The van der Waals surface area contributed by atoms with Gasteiger partial charge < -0.3 is 4.90 Å². The highest BCUT2D eigenvalue weighted by Gasteiger charge is 2.34. The number of hydrogen-bond donors (Lipinski definition) is 1. The van der Waals surface area contributed by atoms with E-state index in [1.807, 2.05) is 6.92 Å². The molecule has 10 heavy (non-hydrogen) atoms. The zero-order valence-electron chi connectivity index (χ0n) is 7.07. The van der Waals surface area contributed by atoms with E-state index in [4.69, 9.17) is 5.41 Å². The minimum absolute atomic E-state index is 0.460. The Bertz CT molecular complexity index is 141. The molecule has 1 rings (SSSR count). The van der Waals surface area contributed by atoms with Crippen LogP contribution in [0.4, 0.5) is 0 Å². The van der Waals surface area contributed by atoms with E-state index in [0.29, 0.717) is 5.41 Å². The Hall–Kier alpha value is -0.530. The summed E-state index contributed by atoms with van der Waals surface area (Å²) in [5.41, 5.74) is 0.460. The SMILES string of the molecule is CCC(=N)N1CC(C)(C)C1. The summed E-state index contributed by atoms with van der Waals surface area (Å²) in [6.45, 7) is 8.66. The second kappa shape index (κ2) is 2.26. The number of rotatable bonds is 1. The molecule has 1 saturated heterocycles. The van der Waals surface area contributed by atoms with Gasteiger partial charge in [0.25, 0.3) is 0 Å². The predicted octanol–water partition coefficient (Wildman–Crippen LogP) is 1.72. The molecule has 0 aliphatic carbocycles. The van der Waals surface area contributed by atoms with Crippen molar-refractivity contribution < 1.29 is 0 Å². The summed E-state index contributed by atoms with van der Waals surface area (Å²) >= 11 is 0. The fourth-order valence-corrected chi connectivity index (χ4v) is 1.40. The van der Waals surface area contributed by atoms with E-state index in [0.717, 1.165) is 25.3 Å². The first-order valence-corrected chi connectivity index (χ1v) is 3.87. The summed E-state index contributed by atoms with van der Waals surface area (Å²) in [4.78, 5) is 2.14. The van der Waals surface area contributed by atoms with Crippen LogP contribution in [0.5, 0.6) is 0 Å². The maximum Gasteiger partial charge on any atom is 0.0955 e. The lowest BCUT2D eigenvalue weighted by molar-refractivity contribution is 0.0959. The van der Waals surface area contributed by atoms with Crippen molar-refractivity contribution in [1.29, 1.82) is 5.41 Å². The third kappa shape index (κ3) is 1.31. The lowest BCUT2D eigenvalue weighted by atomic mass is 9.84. The molecule has 0 amide bonds. The van der Waals surface area contributed by atoms with E-state index in [9.17, 15) is 0 Å². The Kier molecular flexibility index (Phi) is 1.71. The summed E-state index contributed by atoms with van der Waals surface area (Å²) in [7, 11) is 0. The predicted molar refractivity (Wildman–Crippen MR) is 43.4 cm³/mol. The van der Waals surface area contributed by atoms with Crippen LogP contribution >= 0.6 is 0 Å². The smallest absolute Gasteiger partial charge is 0.0955 e. The second-order valence-electron chi connectivity index (χ2n) is 3.82. The number of hydrogen-bond acceptors (Lipinski definition) is 1. The summed E-state index contributed by atoms with van der Waals surface area (Å²) in [5, 5.41) is 7.50. The van der Waals surface area contributed by atoms with E-state index in [1.165, 1.54) is 0 Å². The molecule has 0 spiro atoms. The second-order valence-corrected chi connectivity index (χ2v) is 3.82. The van der Waals surface area contributed by atoms with Crippen molar-refractivity contribution in [3.8, 4) is 0 Å². The highest BCUT2D eigenvalue weighted by atomic mass is 15.2. The first-order chi connectivity index (χ1) is 4.55. The summed E-state index contributed by atoms with van der Waals surface area (Å²) < 4.78 is 0. The van der Waals surface area contributed by atoms with Crippen LogP contribution in [-0.4, -0.2) is 23.8 Å². The highest BCUT2D eigenvalue weighted by Crippen LogP contribution is 2.28. The van der Waals surface area contributed by atoms with Crippen molar-refractivity contribution in [2.24, 2.45) is 5.41 Å². The lowest BCUT2D eigenvalue weighted by Crippen LogP contribution is -2.55. The molecule has 0 aromatic rings. The summed E-state index contributed by atoms with van der Waals surface area (Å²) in [5.74, 6) is 0.791. The minimum Gasteiger partial charge on any atom is -0.359 e. The Labute approximate surface area is 62.7 Å². The van der Waals surface area contributed by atoms with Crippen LogP contribution in [0.15, 0.2) is 0 Å². The number of nitrogens with one attached hydrogen (secondary N) is 1. The van der Waals surface area contributed by atoms with Gasteiger partial charge in [0.05, 0.1) is 5.84 Å². The fraction of sp³-hybridized carbons (Fsp3) is 0.875. The van der Waals surface area contributed by atoms with Gasteiger partial charge in [-0.2, -0.15) is 0 Å². The van der Waals surface area contributed by atoms with E-state index in [-0.39, 0.29) is 0 Å². The Morgan fingerprint density at radius 3 is 2.30 bits per heavy atom. The van der Waals surface area contributed by atoms with Gasteiger partial charge in [-0.1, -0.05) is 20.8 Å². The van der Waals surface area contributed by atoms with Crippen LogP contribution in [0.1, 0.15) is 27.2 Å². The van der Waals surface area contributed by atoms with E-state index in [1.54, 1.807) is 0 Å². The Balaban J connectivity index is 2.33. The molecule has 2 heteroatoms. The average Bonchev–Trinajstić information content (AvgIpc) is 1.81. The lowest BCUT2D eigenvalue weighted by Gasteiger charge is -2.47. The minimum atomic E-state index is 0.460. The van der Waals surface area contributed by atoms with E-state index >= 15 is 0 Å². The van der Waals surface area contributed by atoms with Crippen molar-refractivity contribution in [2.75, 3.05) is 13.1 Å². The first-order valence-electron chi connectivity index (χ1n) is 3.87. The quantitative estimate of drug-likeness (QED) is 0.435. The zero-order valence-corrected chi connectivity index (χ0v) is 7.07. The molecule has 0 bridgehead atoms. The van der Waals surface area contributed by atoms with Crippen LogP contribution in [0.3, 0.4) is 0 Å². The molecule has 0 radical (unpaired) electrons. The average molecular weight is 140 g/mol. The number of amidine groups is 1. The van der Waals surface area contributed by atoms with Crippen molar-refractivity contribution >= 4 is 5.84 Å². The summed E-state index contributed by atoms with van der Waals surface area (Å²) in [6.07, 6.45) is 0.871. The van der Waals surface area contributed by atoms with Crippen molar-refractivity contribution in [1.82, 2.24) is 4.90 Å². The molecule has 1 aliphatic rings. The molecule has 0 saturated carbocycles. The van der Waals surface area contributed by atoms with Gasteiger partial charge in [-0.15, -0.1) is 0 Å². The van der Waals surface area contributed by atoms with Gasteiger partial charge in [0.2, 0.25) is 0 Å². The molecule has 1 fully saturated rings. The van der Waals surface area contributed by atoms with Gasteiger partial charge in [-0.3, -0.25) is 5.41 Å². The van der Waals surface area contributed by atoms with Gasteiger partial charge in [0, 0.05) is 19.5 Å². The Morgan fingerprint density at radius 1 is 1.50 bits per heavy atom. The molecule has 1 aliphatic heterocycles. The normalized spacial score (nSPS) is 22.1. The topological polar surface area (TPSA) is 27.1 Å². The molecule has 0 atom stereocenters. The fourth-order valence-electron chi connectivity index (χ4n) is 1.40. The van der Waals surface area contributed by atoms with Gasteiger partial charge in [0.15, 0.2) is 0 Å². The van der Waals surface area contributed by atoms with Crippen LogP contribution in [-0.2, 0) is 0 Å². The van der Waals surface area contributed by atoms with Gasteiger partial charge in [-0.05, 0) is 5.41 Å². The molecule has 0 aromatic carbocycles. The molecule has 1 N–H and O–H groups in total. The van der Waals surface area contributed by atoms with E-state index < -0.39 is 0 Å². The first kappa shape index (κ1) is 7.58. The zero-order chi connectivity index (χ0) is 7.78. The molecular formula is C8H16N2. The number of likely N-dealkylation sites (tertiary alicyclic amines) is 1. The maximum atomic E-state index is 7.50. The molecule has 58 valence electrons. The van der Waals surface area contributed by atoms with Crippen LogP contribution in [0, 0.1) is 10.8 Å². The third-order valence-corrected chi connectivity index (χ3v) is 1.95. The van der Waals surface area contributed by atoms with Crippen molar-refractivity contribution in [2.45, 2.75) is 27.2 Å². The van der Waals surface area contributed by atoms with Gasteiger partial charge in [-0.25, -0.2) is 0 Å². The van der Waals surface area contributed by atoms with E-state index in [2.05, 4.69) is 18.7 Å². The third-order valence-electron chi connectivity index (χ3n) is 1.95. The molecular weight excluding hydrogens is 124 g/mol. The van der Waals surface area contributed by atoms with Gasteiger partial charge >= 0.3 is 0 Å². The molecule has 0 unspecified atom stereocenters. The number of nitrogens with zero attached hydrogens (tertiary/aromatic N) is 1. The molecule has 0 aromatic heterocycles. The summed E-state index contributed by atoms with van der Waals surface area (Å²) in [6, 6.07) is 0. The molecule has 1 heterocycles. The van der Waals surface area contributed by atoms with Gasteiger partial charge in [0.1, 0.15) is 0 Å². The van der Waals surface area contributed by atoms with Crippen LogP contribution < -0.4 is 0 Å². The standard InChI is InChI=1S/C8H16N2/c1-4-7(9)10-5-8(2,3)6-10/h9H,4-6H2,1-3H3. The largest absolute Gasteiger partial charge is 0.359 e. The highest BCUT2D eigenvalue weighted by molar-refractivity contribution is 5.79. The van der Waals surface area contributed by atoms with Crippen molar-refractivity contribution in [3.05, 3.63) is 0 Å². The Morgan fingerprint density at radius 2 is 2.00 bits per heavy atom. The monoisotopic (exact) mass is 140 g/mol. The van der Waals surface area contributed by atoms with Crippen molar-refractivity contribution in [3.63, 3.8) is 0 Å². The molecule has 2 nitrogen and oxygen atoms in total. The maximum absolute atomic E-state index is 7.50. The van der Waals surface area contributed by atoms with Crippen LogP contribution in [0.25, 0.3) is 0 Å².